The van der Waals surface area contributed by atoms with Crippen molar-refractivity contribution in [1.82, 2.24) is 0 Å². The molecule has 6 heteroatoms. The van der Waals surface area contributed by atoms with Gasteiger partial charge >= 0.3 is 11.9 Å². The quantitative estimate of drug-likeness (QED) is 0.577. The third kappa shape index (κ3) is 7.05. The second-order valence-electron chi connectivity index (χ2n) is 6.79. The molecule has 0 aliphatic carbocycles. The van der Waals surface area contributed by atoms with E-state index in [4.69, 9.17) is 14.3 Å². The smallest absolute Gasteiger partial charge is 0.308 e. The van der Waals surface area contributed by atoms with E-state index in [1.807, 2.05) is 6.92 Å². The molecule has 20 heavy (non-hydrogen) atoms. The van der Waals surface area contributed by atoms with Gasteiger partial charge in [0, 0.05) is 0 Å². The molecule has 0 saturated carbocycles. The molecule has 0 aromatic heterocycles. The molecular formula is C14H28O5Si. The Morgan fingerprint density at radius 2 is 1.60 bits per heavy atom. The molecule has 118 valence electrons. The van der Waals surface area contributed by atoms with Gasteiger partial charge in [0.1, 0.15) is 6.10 Å². The lowest BCUT2D eigenvalue weighted by atomic mass is 10.2. The van der Waals surface area contributed by atoms with Crippen LogP contribution in [0.3, 0.4) is 0 Å². The van der Waals surface area contributed by atoms with Crippen LogP contribution in [0.4, 0.5) is 0 Å². The lowest BCUT2D eigenvalue weighted by Gasteiger charge is -2.38. The summed E-state index contributed by atoms with van der Waals surface area (Å²) in [6.07, 6.45) is -0.861. The first kappa shape index (κ1) is 19.1. The van der Waals surface area contributed by atoms with Crippen LogP contribution in [0.2, 0.25) is 18.1 Å². The van der Waals surface area contributed by atoms with Gasteiger partial charge in [-0.3, -0.25) is 9.59 Å². The van der Waals surface area contributed by atoms with Crippen LogP contribution in [-0.2, 0) is 18.8 Å². The van der Waals surface area contributed by atoms with Crippen molar-refractivity contribution in [2.45, 2.75) is 77.8 Å². The van der Waals surface area contributed by atoms with E-state index in [9.17, 15) is 9.59 Å². The number of carboxylic acid groups (broad SMARTS) is 1. The van der Waals surface area contributed by atoms with Crippen LogP contribution >= 0.6 is 0 Å². The number of rotatable bonds is 7. The van der Waals surface area contributed by atoms with Crippen LogP contribution in [0, 0.1) is 0 Å². The molecule has 0 heterocycles. The van der Waals surface area contributed by atoms with Crippen molar-refractivity contribution in [2.75, 3.05) is 0 Å². The molecule has 0 saturated heterocycles. The van der Waals surface area contributed by atoms with Crippen molar-refractivity contribution in [3.8, 4) is 0 Å². The minimum atomic E-state index is -1.90. The summed E-state index contributed by atoms with van der Waals surface area (Å²) in [4.78, 5) is 22.2. The number of carbonyl (C=O) groups excluding carboxylic acids is 1. The minimum Gasteiger partial charge on any atom is -0.481 e. The van der Waals surface area contributed by atoms with Gasteiger partial charge in [0.2, 0.25) is 0 Å². The molecule has 0 radical (unpaired) electrons. The third-order valence-electron chi connectivity index (χ3n) is 3.55. The summed E-state index contributed by atoms with van der Waals surface area (Å²) in [5.74, 6) is -1.39. The Kier molecular flexibility index (Phi) is 6.90. The molecule has 0 aliphatic rings. The van der Waals surface area contributed by atoms with E-state index < -0.39 is 26.4 Å². The predicted molar refractivity (Wildman–Crippen MR) is 80.2 cm³/mol. The average molecular weight is 304 g/mol. The SMILES string of the molecule is C[C@H](CC(=O)O)OC(=O)C[C@H](C)O[Si](C)(C)C(C)(C)C. The third-order valence-corrected chi connectivity index (χ3v) is 8.15. The Balaban J connectivity index is 4.31. The average Bonchev–Trinajstić information content (AvgIpc) is 2.11. The van der Waals surface area contributed by atoms with E-state index in [1.165, 1.54) is 0 Å². The molecule has 0 aliphatic heterocycles. The summed E-state index contributed by atoms with van der Waals surface area (Å²) in [6.45, 7) is 14.1. The molecule has 0 aromatic rings. The maximum atomic E-state index is 11.7. The van der Waals surface area contributed by atoms with Gasteiger partial charge in [0.25, 0.3) is 0 Å². The fourth-order valence-electron chi connectivity index (χ4n) is 1.52. The highest BCUT2D eigenvalue weighted by atomic mass is 28.4. The van der Waals surface area contributed by atoms with Gasteiger partial charge in [0.15, 0.2) is 8.32 Å². The first-order valence-corrected chi connectivity index (χ1v) is 9.85. The molecule has 0 rings (SSSR count). The standard InChI is InChI=1S/C14H28O5Si/c1-10(8-12(15)16)18-13(17)9-11(2)19-20(6,7)14(3,4)5/h10-11H,8-9H2,1-7H3,(H,15,16)/t10-,11+/m1/s1. The first-order chi connectivity index (χ1) is 8.85. The maximum Gasteiger partial charge on any atom is 0.308 e. The van der Waals surface area contributed by atoms with Crippen molar-refractivity contribution in [1.29, 1.82) is 0 Å². The van der Waals surface area contributed by atoms with E-state index in [0.29, 0.717) is 0 Å². The summed E-state index contributed by atoms with van der Waals surface area (Å²) in [5, 5.41) is 8.70. The highest BCUT2D eigenvalue weighted by Gasteiger charge is 2.38. The van der Waals surface area contributed by atoms with E-state index in [0.717, 1.165) is 0 Å². The van der Waals surface area contributed by atoms with Crippen LogP contribution in [-0.4, -0.2) is 37.6 Å². The second-order valence-corrected chi connectivity index (χ2v) is 11.5. The Morgan fingerprint density at radius 3 is 2.00 bits per heavy atom. The number of carbonyl (C=O) groups is 2. The molecule has 0 bridgehead atoms. The van der Waals surface area contributed by atoms with Crippen LogP contribution in [0.1, 0.15) is 47.5 Å². The Hall–Kier alpha value is -0.883. The predicted octanol–water partition coefficient (Wildman–Crippen LogP) is 3.19. The first-order valence-electron chi connectivity index (χ1n) is 6.94. The zero-order chi connectivity index (χ0) is 16.1. The highest BCUT2D eigenvalue weighted by molar-refractivity contribution is 6.74. The van der Waals surface area contributed by atoms with Gasteiger partial charge in [-0.2, -0.15) is 0 Å². The summed E-state index contributed by atoms with van der Waals surface area (Å²) < 4.78 is 11.1. The number of aliphatic carboxylic acids is 1. The fourth-order valence-corrected chi connectivity index (χ4v) is 2.96. The molecule has 0 unspecified atom stereocenters. The number of esters is 1. The molecule has 0 amide bonds. The minimum absolute atomic E-state index is 0.0851. The zero-order valence-electron chi connectivity index (χ0n) is 13.6. The van der Waals surface area contributed by atoms with Crippen molar-refractivity contribution >= 4 is 20.3 Å². The number of hydrogen-bond donors (Lipinski definition) is 1. The molecule has 5 nitrogen and oxygen atoms in total. The second kappa shape index (κ2) is 7.22. The van der Waals surface area contributed by atoms with Crippen molar-refractivity contribution in [3.63, 3.8) is 0 Å². The molecule has 1 N–H and O–H groups in total. The monoisotopic (exact) mass is 304 g/mol. The van der Waals surface area contributed by atoms with E-state index >= 15 is 0 Å². The normalized spacial score (nSPS) is 15.6. The molecule has 0 fully saturated rings. The summed E-state index contributed by atoms with van der Waals surface area (Å²) in [6, 6.07) is 0. The van der Waals surface area contributed by atoms with E-state index in [-0.39, 0.29) is 24.0 Å². The number of ether oxygens (including phenoxy) is 1. The number of carboxylic acids is 1. The van der Waals surface area contributed by atoms with Crippen LogP contribution < -0.4 is 0 Å². The summed E-state index contributed by atoms with van der Waals surface area (Å²) in [7, 11) is -1.90. The van der Waals surface area contributed by atoms with E-state index in [2.05, 4.69) is 33.9 Å². The van der Waals surface area contributed by atoms with Crippen LogP contribution in [0.5, 0.6) is 0 Å². The highest BCUT2D eigenvalue weighted by Crippen LogP contribution is 2.37. The lowest BCUT2D eigenvalue weighted by molar-refractivity contribution is -0.153. The molecule has 0 spiro atoms. The van der Waals surface area contributed by atoms with Gasteiger partial charge in [-0.1, -0.05) is 20.8 Å². The maximum absolute atomic E-state index is 11.7. The van der Waals surface area contributed by atoms with Gasteiger partial charge in [-0.05, 0) is 32.0 Å². The number of hydrogen-bond acceptors (Lipinski definition) is 4. The molecular weight excluding hydrogens is 276 g/mol. The van der Waals surface area contributed by atoms with Crippen LogP contribution in [0.25, 0.3) is 0 Å². The Morgan fingerprint density at radius 1 is 1.10 bits per heavy atom. The van der Waals surface area contributed by atoms with Crippen molar-refractivity contribution < 1.29 is 23.9 Å². The zero-order valence-corrected chi connectivity index (χ0v) is 14.6. The van der Waals surface area contributed by atoms with Gasteiger partial charge < -0.3 is 14.3 Å². The molecule has 2 atom stereocenters. The topological polar surface area (TPSA) is 72.8 Å². The van der Waals surface area contributed by atoms with E-state index in [1.54, 1.807) is 6.92 Å². The fraction of sp³-hybridized carbons (Fsp3) is 0.857. The van der Waals surface area contributed by atoms with Gasteiger partial charge in [0.05, 0.1) is 18.9 Å². The van der Waals surface area contributed by atoms with Gasteiger partial charge in [-0.25, -0.2) is 0 Å². The lowest BCUT2D eigenvalue weighted by Crippen LogP contribution is -2.43. The summed E-state index contributed by atoms with van der Waals surface area (Å²) in [5.41, 5.74) is 0. The molecule has 0 aromatic carbocycles. The van der Waals surface area contributed by atoms with Crippen molar-refractivity contribution in [2.24, 2.45) is 0 Å². The Bertz CT molecular complexity index is 346. The van der Waals surface area contributed by atoms with Crippen LogP contribution in [0.15, 0.2) is 0 Å². The van der Waals surface area contributed by atoms with Crippen molar-refractivity contribution in [3.05, 3.63) is 0 Å². The van der Waals surface area contributed by atoms with Gasteiger partial charge in [-0.15, -0.1) is 0 Å². The summed E-state index contributed by atoms with van der Waals surface area (Å²) >= 11 is 0. The Labute approximate surface area is 122 Å². The largest absolute Gasteiger partial charge is 0.481 e.